The highest BCUT2D eigenvalue weighted by molar-refractivity contribution is 5.63. The first-order valence-electron chi connectivity index (χ1n) is 9.76. The first kappa shape index (κ1) is 18.1. The van der Waals surface area contributed by atoms with Crippen LogP contribution in [0.3, 0.4) is 0 Å². The Morgan fingerprint density at radius 1 is 0.929 bits per heavy atom. The highest BCUT2D eigenvalue weighted by Crippen LogP contribution is 2.26. The molecular weight excluding hydrogens is 350 g/mol. The van der Waals surface area contributed by atoms with Crippen LogP contribution in [0.5, 0.6) is 5.75 Å². The lowest BCUT2D eigenvalue weighted by Crippen LogP contribution is -2.24. The largest absolute Gasteiger partial charge is 0.484 e. The van der Waals surface area contributed by atoms with Gasteiger partial charge in [-0.1, -0.05) is 55.3 Å². The maximum Gasteiger partial charge on any atom is 0.236 e. The van der Waals surface area contributed by atoms with Gasteiger partial charge in [-0.3, -0.25) is 0 Å². The molecule has 5 heteroatoms. The van der Waals surface area contributed by atoms with Gasteiger partial charge in [0.2, 0.25) is 17.5 Å². The Labute approximate surface area is 165 Å². The Balaban J connectivity index is 1.43. The molecular formula is C23H23N3O2. The molecule has 4 rings (SSSR count). The normalized spacial score (nSPS) is 14.3. The van der Waals surface area contributed by atoms with Crippen molar-refractivity contribution in [3.63, 3.8) is 0 Å². The fourth-order valence-electron chi connectivity index (χ4n) is 3.50. The van der Waals surface area contributed by atoms with Crippen molar-refractivity contribution in [1.82, 2.24) is 4.98 Å². The van der Waals surface area contributed by atoms with Crippen molar-refractivity contribution in [3.8, 4) is 22.9 Å². The standard InChI is InChI=1S/C23H23N3O2/c24-16-21-23(26-14-6-1-2-7-15-26)28-22(25-21)17-27-20-12-10-19(11-13-20)18-8-4-3-5-9-18/h3-5,8-13H,1-2,6-7,14-15,17H2. The summed E-state index contributed by atoms with van der Waals surface area (Å²) in [4.78, 5) is 6.46. The van der Waals surface area contributed by atoms with Gasteiger partial charge in [0.15, 0.2) is 6.61 Å². The second-order valence-electron chi connectivity index (χ2n) is 6.95. The number of hydrogen-bond donors (Lipinski definition) is 0. The van der Waals surface area contributed by atoms with E-state index in [0.29, 0.717) is 17.5 Å². The zero-order valence-electron chi connectivity index (χ0n) is 15.8. The molecule has 0 N–H and O–H groups in total. The van der Waals surface area contributed by atoms with Gasteiger partial charge >= 0.3 is 0 Å². The lowest BCUT2D eigenvalue weighted by atomic mass is 10.1. The lowest BCUT2D eigenvalue weighted by Gasteiger charge is -2.18. The third-order valence-electron chi connectivity index (χ3n) is 4.98. The number of nitrogens with zero attached hydrogens (tertiary/aromatic N) is 3. The van der Waals surface area contributed by atoms with Crippen LogP contribution in [0, 0.1) is 11.3 Å². The Hall–Kier alpha value is -3.26. The van der Waals surface area contributed by atoms with Crippen molar-refractivity contribution in [2.45, 2.75) is 32.3 Å². The van der Waals surface area contributed by atoms with E-state index >= 15 is 0 Å². The number of rotatable bonds is 5. The Kier molecular flexibility index (Phi) is 5.58. The van der Waals surface area contributed by atoms with Crippen molar-refractivity contribution in [2.24, 2.45) is 0 Å². The van der Waals surface area contributed by atoms with E-state index in [2.05, 4.69) is 28.1 Å². The predicted molar refractivity (Wildman–Crippen MR) is 108 cm³/mol. The monoisotopic (exact) mass is 373 g/mol. The molecule has 2 heterocycles. The molecule has 0 amide bonds. The first-order chi connectivity index (χ1) is 13.8. The van der Waals surface area contributed by atoms with E-state index in [1.54, 1.807) is 0 Å². The number of oxazole rings is 1. The molecule has 3 aromatic rings. The minimum absolute atomic E-state index is 0.202. The van der Waals surface area contributed by atoms with Crippen molar-refractivity contribution in [2.75, 3.05) is 18.0 Å². The highest BCUT2D eigenvalue weighted by atomic mass is 16.5. The number of aromatic nitrogens is 1. The van der Waals surface area contributed by atoms with E-state index in [0.717, 1.165) is 37.2 Å². The van der Waals surface area contributed by atoms with Crippen molar-refractivity contribution >= 4 is 5.88 Å². The van der Waals surface area contributed by atoms with E-state index in [9.17, 15) is 5.26 Å². The summed E-state index contributed by atoms with van der Waals surface area (Å²) in [5.41, 5.74) is 2.65. The highest BCUT2D eigenvalue weighted by Gasteiger charge is 2.20. The first-order valence-corrected chi connectivity index (χ1v) is 9.76. The van der Waals surface area contributed by atoms with Crippen LogP contribution in [0.2, 0.25) is 0 Å². The lowest BCUT2D eigenvalue weighted by molar-refractivity contribution is 0.263. The summed E-state index contributed by atoms with van der Waals surface area (Å²) < 4.78 is 11.7. The molecule has 2 aromatic carbocycles. The fourth-order valence-corrected chi connectivity index (χ4v) is 3.50. The Bertz CT molecular complexity index is 934. The van der Waals surface area contributed by atoms with E-state index in [1.165, 1.54) is 18.4 Å². The summed E-state index contributed by atoms with van der Waals surface area (Å²) in [5.74, 6) is 1.76. The molecule has 5 nitrogen and oxygen atoms in total. The van der Waals surface area contributed by atoms with E-state index < -0.39 is 0 Å². The van der Waals surface area contributed by atoms with Crippen LogP contribution in [0.15, 0.2) is 59.0 Å². The molecule has 1 fully saturated rings. The molecule has 1 aliphatic rings. The molecule has 0 radical (unpaired) electrons. The van der Waals surface area contributed by atoms with Gasteiger partial charge in [0, 0.05) is 13.1 Å². The van der Waals surface area contributed by atoms with Gasteiger partial charge in [-0.2, -0.15) is 10.2 Å². The van der Waals surface area contributed by atoms with Crippen molar-refractivity contribution in [1.29, 1.82) is 5.26 Å². The van der Waals surface area contributed by atoms with Gasteiger partial charge in [0.1, 0.15) is 11.8 Å². The average Bonchev–Trinajstić information content (AvgIpc) is 2.98. The molecule has 142 valence electrons. The molecule has 0 spiro atoms. The number of benzene rings is 2. The smallest absolute Gasteiger partial charge is 0.236 e. The van der Waals surface area contributed by atoms with Crippen LogP contribution < -0.4 is 9.64 Å². The van der Waals surface area contributed by atoms with Gasteiger partial charge in [0.05, 0.1) is 0 Å². The number of hydrogen-bond acceptors (Lipinski definition) is 5. The average molecular weight is 373 g/mol. The number of anilines is 1. The zero-order valence-corrected chi connectivity index (χ0v) is 15.8. The van der Waals surface area contributed by atoms with Crippen LogP contribution in [-0.2, 0) is 6.61 Å². The third kappa shape index (κ3) is 4.17. The maximum atomic E-state index is 9.42. The van der Waals surface area contributed by atoms with Crippen LogP contribution in [-0.4, -0.2) is 18.1 Å². The number of nitriles is 1. The molecule has 0 bridgehead atoms. The van der Waals surface area contributed by atoms with Crippen molar-refractivity contribution < 1.29 is 9.15 Å². The van der Waals surface area contributed by atoms with E-state index in [1.807, 2.05) is 42.5 Å². The SMILES string of the molecule is N#Cc1nc(COc2ccc(-c3ccccc3)cc2)oc1N1CCCCCC1. The van der Waals surface area contributed by atoms with Crippen LogP contribution >= 0.6 is 0 Å². The van der Waals surface area contributed by atoms with Gasteiger partial charge in [-0.25, -0.2) is 0 Å². The summed E-state index contributed by atoms with van der Waals surface area (Å²) >= 11 is 0. The molecule has 28 heavy (non-hydrogen) atoms. The third-order valence-corrected chi connectivity index (χ3v) is 4.98. The summed E-state index contributed by atoms with van der Waals surface area (Å²) in [6, 6.07) is 20.3. The summed E-state index contributed by atoms with van der Waals surface area (Å²) in [5, 5.41) is 9.42. The Morgan fingerprint density at radius 3 is 2.29 bits per heavy atom. The molecule has 0 aliphatic carbocycles. The minimum Gasteiger partial charge on any atom is -0.484 e. The number of ether oxygens (including phenoxy) is 1. The predicted octanol–water partition coefficient (Wildman–Crippen LogP) is 5.17. The van der Waals surface area contributed by atoms with Gasteiger partial charge in [-0.05, 0) is 36.1 Å². The van der Waals surface area contributed by atoms with E-state index in [-0.39, 0.29) is 6.61 Å². The van der Waals surface area contributed by atoms with Crippen LogP contribution in [0.25, 0.3) is 11.1 Å². The zero-order chi connectivity index (χ0) is 19.2. The summed E-state index contributed by atoms with van der Waals surface area (Å²) in [6.45, 7) is 2.02. The Morgan fingerprint density at radius 2 is 1.61 bits per heavy atom. The minimum atomic E-state index is 0.202. The molecule has 0 saturated carbocycles. The van der Waals surface area contributed by atoms with Crippen molar-refractivity contribution in [3.05, 3.63) is 66.2 Å². The van der Waals surface area contributed by atoms with Gasteiger partial charge in [-0.15, -0.1) is 0 Å². The van der Waals surface area contributed by atoms with Crippen LogP contribution in [0.1, 0.15) is 37.3 Å². The summed E-state index contributed by atoms with van der Waals surface area (Å²) in [7, 11) is 0. The molecule has 1 aromatic heterocycles. The molecule has 0 atom stereocenters. The van der Waals surface area contributed by atoms with Gasteiger partial charge < -0.3 is 14.1 Å². The molecule has 1 aliphatic heterocycles. The topological polar surface area (TPSA) is 62.3 Å². The second kappa shape index (κ2) is 8.62. The quantitative estimate of drug-likeness (QED) is 0.617. The van der Waals surface area contributed by atoms with E-state index in [4.69, 9.17) is 9.15 Å². The molecule has 1 saturated heterocycles. The second-order valence-corrected chi connectivity index (χ2v) is 6.95. The molecule has 0 unspecified atom stereocenters. The van der Waals surface area contributed by atoms with Crippen LogP contribution in [0.4, 0.5) is 5.88 Å². The fraction of sp³-hybridized carbons (Fsp3) is 0.304. The maximum absolute atomic E-state index is 9.42. The van der Waals surface area contributed by atoms with Gasteiger partial charge in [0.25, 0.3) is 0 Å². The summed E-state index contributed by atoms with van der Waals surface area (Å²) in [6.07, 6.45) is 4.68.